The van der Waals surface area contributed by atoms with Crippen LogP contribution in [0.3, 0.4) is 0 Å². The first-order valence-electron chi connectivity index (χ1n) is 6.92. The standard InChI is InChI=1S/C17H17ClFNO/c1-17(2)16(12-5-3-4-6-15(12)21-17)20-10-11-7-8-14(19)13(18)9-11/h3-9,16,20H,10H2,1-2H3. The normalized spacial score (nSPS) is 19.1. The predicted octanol–water partition coefficient (Wildman–Crippen LogP) is 4.48. The highest BCUT2D eigenvalue weighted by Crippen LogP contribution is 2.42. The van der Waals surface area contributed by atoms with Crippen molar-refractivity contribution in [3.8, 4) is 5.75 Å². The zero-order chi connectivity index (χ0) is 15.0. The Hall–Kier alpha value is -1.58. The minimum atomic E-state index is -0.393. The quantitative estimate of drug-likeness (QED) is 0.902. The van der Waals surface area contributed by atoms with Gasteiger partial charge in [-0.05, 0) is 37.6 Å². The Balaban J connectivity index is 1.79. The van der Waals surface area contributed by atoms with Crippen LogP contribution in [0.25, 0.3) is 0 Å². The van der Waals surface area contributed by atoms with Crippen LogP contribution >= 0.6 is 11.6 Å². The smallest absolute Gasteiger partial charge is 0.141 e. The van der Waals surface area contributed by atoms with Crippen LogP contribution in [0, 0.1) is 5.82 Å². The Bertz CT molecular complexity index is 672. The predicted molar refractivity (Wildman–Crippen MR) is 82.1 cm³/mol. The second-order valence-corrected chi connectivity index (χ2v) is 6.21. The molecule has 0 aliphatic carbocycles. The summed E-state index contributed by atoms with van der Waals surface area (Å²) >= 11 is 5.82. The number of halogens is 2. The number of rotatable bonds is 3. The van der Waals surface area contributed by atoms with E-state index in [1.165, 1.54) is 6.07 Å². The van der Waals surface area contributed by atoms with Gasteiger partial charge in [0.15, 0.2) is 0 Å². The Morgan fingerprint density at radius 2 is 2.00 bits per heavy atom. The summed E-state index contributed by atoms with van der Waals surface area (Å²) in [5.41, 5.74) is 1.77. The van der Waals surface area contributed by atoms with Crippen molar-refractivity contribution in [1.29, 1.82) is 0 Å². The minimum absolute atomic E-state index is 0.0810. The van der Waals surface area contributed by atoms with Crippen LogP contribution in [0.5, 0.6) is 5.75 Å². The third-order valence-corrected chi connectivity index (χ3v) is 4.08. The summed E-state index contributed by atoms with van der Waals surface area (Å²) in [5, 5.41) is 3.63. The number of ether oxygens (including phenoxy) is 1. The van der Waals surface area contributed by atoms with Crippen molar-refractivity contribution in [3.05, 3.63) is 64.4 Å². The molecule has 110 valence electrons. The van der Waals surface area contributed by atoms with Crippen LogP contribution in [0.4, 0.5) is 4.39 Å². The molecule has 1 unspecified atom stereocenters. The molecule has 0 aromatic heterocycles. The molecule has 2 aromatic rings. The number of nitrogens with one attached hydrogen (secondary N) is 1. The fourth-order valence-electron chi connectivity index (χ4n) is 2.75. The molecule has 1 atom stereocenters. The van der Waals surface area contributed by atoms with E-state index in [0.29, 0.717) is 6.54 Å². The second-order valence-electron chi connectivity index (χ2n) is 5.81. The lowest BCUT2D eigenvalue weighted by Gasteiger charge is -2.27. The molecular weight excluding hydrogens is 289 g/mol. The summed E-state index contributed by atoms with van der Waals surface area (Å²) in [6.07, 6.45) is 0. The minimum Gasteiger partial charge on any atom is -0.486 e. The van der Waals surface area contributed by atoms with E-state index in [1.807, 2.05) is 18.2 Å². The van der Waals surface area contributed by atoms with Gasteiger partial charge in [-0.2, -0.15) is 0 Å². The van der Waals surface area contributed by atoms with E-state index in [-0.39, 0.29) is 16.7 Å². The highest BCUT2D eigenvalue weighted by molar-refractivity contribution is 6.30. The van der Waals surface area contributed by atoms with Gasteiger partial charge >= 0.3 is 0 Å². The number of para-hydroxylation sites is 1. The van der Waals surface area contributed by atoms with Gasteiger partial charge in [0.1, 0.15) is 17.2 Å². The van der Waals surface area contributed by atoms with Gasteiger partial charge in [0.25, 0.3) is 0 Å². The van der Waals surface area contributed by atoms with Crippen LogP contribution in [0.2, 0.25) is 5.02 Å². The third-order valence-electron chi connectivity index (χ3n) is 3.79. The Kier molecular flexibility index (Phi) is 3.64. The molecule has 2 aromatic carbocycles. The lowest BCUT2D eigenvalue weighted by Crippen LogP contribution is -2.38. The first kappa shape index (κ1) is 14.4. The topological polar surface area (TPSA) is 21.3 Å². The van der Waals surface area contributed by atoms with E-state index in [0.717, 1.165) is 16.9 Å². The van der Waals surface area contributed by atoms with E-state index in [2.05, 4.69) is 25.2 Å². The molecule has 0 spiro atoms. The molecular formula is C17H17ClFNO. The fraction of sp³-hybridized carbons (Fsp3) is 0.294. The van der Waals surface area contributed by atoms with Crippen molar-refractivity contribution in [2.24, 2.45) is 0 Å². The fourth-order valence-corrected chi connectivity index (χ4v) is 2.96. The largest absolute Gasteiger partial charge is 0.486 e. The van der Waals surface area contributed by atoms with Crippen molar-refractivity contribution < 1.29 is 9.13 Å². The van der Waals surface area contributed by atoms with Crippen molar-refractivity contribution in [2.75, 3.05) is 0 Å². The molecule has 0 saturated carbocycles. The van der Waals surface area contributed by atoms with Crippen LogP contribution in [-0.2, 0) is 6.54 Å². The maximum absolute atomic E-state index is 13.2. The van der Waals surface area contributed by atoms with Gasteiger partial charge in [0.05, 0.1) is 11.1 Å². The summed E-state index contributed by atoms with van der Waals surface area (Å²) in [7, 11) is 0. The summed E-state index contributed by atoms with van der Waals surface area (Å²) in [6, 6.07) is 12.9. The van der Waals surface area contributed by atoms with E-state index in [9.17, 15) is 4.39 Å². The van der Waals surface area contributed by atoms with Crippen LogP contribution < -0.4 is 10.1 Å². The van der Waals surface area contributed by atoms with Gasteiger partial charge in [0, 0.05) is 12.1 Å². The summed E-state index contributed by atoms with van der Waals surface area (Å²) < 4.78 is 19.2. The van der Waals surface area contributed by atoms with Crippen LogP contribution in [-0.4, -0.2) is 5.60 Å². The van der Waals surface area contributed by atoms with Crippen molar-refractivity contribution in [2.45, 2.75) is 32.0 Å². The lowest BCUT2D eigenvalue weighted by molar-refractivity contribution is 0.0958. The monoisotopic (exact) mass is 305 g/mol. The highest BCUT2D eigenvalue weighted by Gasteiger charge is 2.40. The maximum atomic E-state index is 13.2. The van der Waals surface area contributed by atoms with E-state index in [1.54, 1.807) is 12.1 Å². The molecule has 1 heterocycles. The molecule has 1 aliphatic rings. The van der Waals surface area contributed by atoms with Gasteiger partial charge in [-0.15, -0.1) is 0 Å². The molecule has 1 aliphatic heterocycles. The maximum Gasteiger partial charge on any atom is 0.141 e. The molecule has 0 radical (unpaired) electrons. The van der Waals surface area contributed by atoms with Gasteiger partial charge in [-0.3, -0.25) is 0 Å². The van der Waals surface area contributed by atoms with E-state index >= 15 is 0 Å². The zero-order valence-corrected chi connectivity index (χ0v) is 12.7. The molecule has 3 rings (SSSR count). The number of hydrogen-bond acceptors (Lipinski definition) is 2. The van der Waals surface area contributed by atoms with Gasteiger partial charge < -0.3 is 10.1 Å². The molecule has 0 fully saturated rings. The summed E-state index contributed by atoms with van der Waals surface area (Å²) in [4.78, 5) is 0. The Morgan fingerprint density at radius 3 is 2.76 bits per heavy atom. The molecule has 21 heavy (non-hydrogen) atoms. The average Bonchev–Trinajstić information content (AvgIpc) is 2.70. The van der Waals surface area contributed by atoms with E-state index in [4.69, 9.17) is 16.3 Å². The number of benzene rings is 2. The lowest BCUT2D eigenvalue weighted by atomic mass is 9.94. The van der Waals surface area contributed by atoms with Crippen molar-refractivity contribution in [3.63, 3.8) is 0 Å². The van der Waals surface area contributed by atoms with Gasteiger partial charge in [-0.25, -0.2) is 4.39 Å². The zero-order valence-electron chi connectivity index (χ0n) is 12.0. The van der Waals surface area contributed by atoms with Gasteiger partial charge in [0.2, 0.25) is 0 Å². The Morgan fingerprint density at radius 1 is 1.24 bits per heavy atom. The second kappa shape index (κ2) is 5.32. The molecule has 4 heteroatoms. The third kappa shape index (κ3) is 2.76. The van der Waals surface area contributed by atoms with Crippen molar-refractivity contribution >= 4 is 11.6 Å². The van der Waals surface area contributed by atoms with E-state index < -0.39 is 5.82 Å². The van der Waals surface area contributed by atoms with Gasteiger partial charge in [-0.1, -0.05) is 35.9 Å². The first-order valence-corrected chi connectivity index (χ1v) is 7.30. The molecule has 1 N–H and O–H groups in total. The molecule has 0 saturated heterocycles. The number of hydrogen-bond donors (Lipinski definition) is 1. The van der Waals surface area contributed by atoms with Crippen LogP contribution in [0.15, 0.2) is 42.5 Å². The summed E-state index contributed by atoms with van der Waals surface area (Å²) in [5.74, 6) is 0.521. The number of fused-ring (bicyclic) bond motifs is 1. The first-order chi connectivity index (χ1) is 9.97. The highest BCUT2D eigenvalue weighted by atomic mass is 35.5. The molecule has 0 amide bonds. The van der Waals surface area contributed by atoms with Crippen molar-refractivity contribution in [1.82, 2.24) is 5.32 Å². The average molecular weight is 306 g/mol. The molecule has 0 bridgehead atoms. The SMILES string of the molecule is CC1(C)Oc2ccccc2C1NCc1ccc(F)c(Cl)c1. The van der Waals surface area contributed by atoms with Crippen LogP contribution in [0.1, 0.15) is 31.0 Å². The summed E-state index contributed by atoms with van der Waals surface area (Å²) in [6.45, 7) is 4.72. The Labute approximate surface area is 128 Å². The molecule has 2 nitrogen and oxygen atoms in total.